The first-order valence-corrected chi connectivity index (χ1v) is 6.55. The molecule has 0 unspecified atom stereocenters. The Morgan fingerprint density at radius 1 is 1.05 bits per heavy atom. The molecule has 20 heavy (non-hydrogen) atoms. The van der Waals surface area contributed by atoms with Crippen molar-refractivity contribution in [3.63, 3.8) is 0 Å². The Morgan fingerprint density at radius 3 is 2.40 bits per heavy atom. The first-order valence-electron chi connectivity index (χ1n) is 5.75. The van der Waals surface area contributed by atoms with Crippen LogP contribution in [0.25, 0.3) is 16.7 Å². The van der Waals surface area contributed by atoms with Crippen molar-refractivity contribution in [1.82, 2.24) is 9.55 Å². The lowest BCUT2D eigenvalue weighted by atomic mass is 10.2. The maximum atomic E-state index is 12.5. The third kappa shape index (κ3) is 2.31. The van der Waals surface area contributed by atoms with Gasteiger partial charge in [-0.15, -0.1) is 0 Å². The number of halogens is 4. The number of fused-ring (bicyclic) bond motifs is 1. The Bertz CT molecular complexity index is 760. The molecule has 2 heterocycles. The van der Waals surface area contributed by atoms with Crippen molar-refractivity contribution in [2.45, 2.75) is 6.18 Å². The van der Waals surface area contributed by atoms with Crippen LogP contribution >= 0.6 is 15.9 Å². The summed E-state index contributed by atoms with van der Waals surface area (Å²) >= 11 is 3.33. The second kappa shape index (κ2) is 4.63. The zero-order chi connectivity index (χ0) is 14.3. The summed E-state index contributed by atoms with van der Waals surface area (Å²) in [5.74, 6) is 0. The van der Waals surface area contributed by atoms with Crippen molar-refractivity contribution in [3.05, 3.63) is 58.8 Å². The third-order valence-corrected chi connectivity index (χ3v) is 3.40. The van der Waals surface area contributed by atoms with Crippen LogP contribution in [0.3, 0.4) is 0 Å². The quantitative estimate of drug-likeness (QED) is 0.621. The summed E-state index contributed by atoms with van der Waals surface area (Å²) in [4.78, 5) is 4.28. The van der Waals surface area contributed by atoms with Gasteiger partial charge in [0.15, 0.2) is 0 Å². The first kappa shape index (κ1) is 13.2. The second-order valence-electron chi connectivity index (χ2n) is 4.30. The van der Waals surface area contributed by atoms with Gasteiger partial charge in [0.1, 0.15) is 5.65 Å². The summed E-state index contributed by atoms with van der Waals surface area (Å²) in [5.41, 5.74) is 0.684. The second-order valence-corrected chi connectivity index (χ2v) is 5.21. The third-order valence-electron chi connectivity index (χ3n) is 2.97. The van der Waals surface area contributed by atoms with Crippen LogP contribution in [-0.4, -0.2) is 9.55 Å². The Morgan fingerprint density at radius 2 is 1.75 bits per heavy atom. The molecule has 102 valence electrons. The van der Waals surface area contributed by atoms with Crippen molar-refractivity contribution in [1.29, 1.82) is 0 Å². The van der Waals surface area contributed by atoms with Gasteiger partial charge in [-0.3, -0.25) is 0 Å². The van der Waals surface area contributed by atoms with E-state index in [1.807, 2.05) is 12.1 Å². The minimum absolute atomic E-state index is 0.642. The number of nitrogens with zero attached hydrogens (tertiary/aromatic N) is 2. The van der Waals surface area contributed by atoms with Crippen LogP contribution in [0.15, 0.2) is 53.3 Å². The highest BCUT2D eigenvalue weighted by Gasteiger charge is 2.30. The molecule has 1 aromatic carbocycles. The van der Waals surface area contributed by atoms with E-state index in [2.05, 4.69) is 20.9 Å². The smallest absolute Gasteiger partial charge is 0.301 e. The fourth-order valence-corrected chi connectivity index (χ4v) is 2.37. The Balaban J connectivity index is 2.07. The van der Waals surface area contributed by atoms with Crippen molar-refractivity contribution >= 4 is 27.0 Å². The molecular weight excluding hydrogens is 333 g/mol. The van der Waals surface area contributed by atoms with Crippen molar-refractivity contribution in [3.8, 4) is 5.69 Å². The van der Waals surface area contributed by atoms with Crippen LogP contribution in [-0.2, 0) is 6.18 Å². The van der Waals surface area contributed by atoms with E-state index in [0.29, 0.717) is 11.3 Å². The summed E-state index contributed by atoms with van der Waals surface area (Å²) < 4.78 is 40.2. The summed E-state index contributed by atoms with van der Waals surface area (Å²) in [6.07, 6.45) is -0.879. The fraction of sp³-hybridized carbons (Fsp3) is 0.0714. The standard InChI is InChI=1S/C14H8BrF3N2/c15-11-7-9-5-6-20(13(9)19-8-11)12-3-1-10(2-4-12)14(16,17)18/h1-8H. The zero-order valence-electron chi connectivity index (χ0n) is 10.0. The molecule has 0 fully saturated rings. The lowest BCUT2D eigenvalue weighted by Gasteiger charge is -2.09. The SMILES string of the molecule is FC(F)(F)c1ccc(-n2ccc3cc(Br)cnc32)cc1. The van der Waals surface area contributed by atoms with Gasteiger partial charge in [0.05, 0.1) is 5.56 Å². The van der Waals surface area contributed by atoms with Gasteiger partial charge < -0.3 is 4.57 Å². The van der Waals surface area contributed by atoms with Crippen molar-refractivity contribution < 1.29 is 13.2 Å². The normalized spacial score (nSPS) is 12.0. The van der Waals surface area contributed by atoms with E-state index in [-0.39, 0.29) is 0 Å². The highest BCUT2D eigenvalue weighted by atomic mass is 79.9. The highest BCUT2D eigenvalue weighted by Crippen LogP contribution is 2.30. The molecule has 0 radical (unpaired) electrons. The molecule has 0 saturated carbocycles. The molecule has 0 aliphatic heterocycles. The number of rotatable bonds is 1. The van der Waals surface area contributed by atoms with E-state index in [1.54, 1.807) is 17.0 Å². The lowest BCUT2D eigenvalue weighted by molar-refractivity contribution is -0.137. The molecule has 2 aromatic heterocycles. The average molecular weight is 341 g/mol. The molecule has 2 nitrogen and oxygen atoms in total. The molecule has 0 aliphatic carbocycles. The number of benzene rings is 1. The van der Waals surface area contributed by atoms with E-state index in [4.69, 9.17) is 0 Å². The maximum absolute atomic E-state index is 12.5. The average Bonchev–Trinajstić information content (AvgIpc) is 2.80. The van der Waals surface area contributed by atoms with Crippen LogP contribution in [0.1, 0.15) is 5.56 Å². The summed E-state index contributed by atoms with van der Waals surface area (Å²) in [6.45, 7) is 0. The van der Waals surface area contributed by atoms with Gasteiger partial charge >= 0.3 is 6.18 Å². The highest BCUT2D eigenvalue weighted by molar-refractivity contribution is 9.10. The predicted molar refractivity (Wildman–Crippen MR) is 73.8 cm³/mol. The molecule has 0 saturated heterocycles. The van der Waals surface area contributed by atoms with E-state index >= 15 is 0 Å². The molecule has 6 heteroatoms. The van der Waals surface area contributed by atoms with Crippen LogP contribution in [0.4, 0.5) is 13.2 Å². The van der Waals surface area contributed by atoms with Gasteiger partial charge in [0.2, 0.25) is 0 Å². The molecule has 0 N–H and O–H groups in total. The molecular formula is C14H8BrF3N2. The maximum Gasteiger partial charge on any atom is 0.416 e. The summed E-state index contributed by atoms with van der Waals surface area (Å²) in [6, 6.07) is 8.78. The molecule has 0 spiro atoms. The van der Waals surface area contributed by atoms with E-state index in [0.717, 1.165) is 22.0 Å². The van der Waals surface area contributed by atoms with E-state index in [1.165, 1.54) is 12.1 Å². The van der Waals surface area contributed by atoms with Crippen LogP contribution in [0.5, 0.6) is 0 Å². The van der Waals surface area contributed by atoms with Crippen molar-refractivity contribution in [2.75, 3.05) is 0 Å². The van der Waals surface area contributed by atoms with Crippen LogP contribution in [0.2, 0.25) is 0 Å². The van der Waals surface area contributed by atoms with Gasteiger partial charge in [-0.1, -0.05) is 0 Å². The van der Waals surface area contributed by atoms with Gasteiger partial charge in [-0.2, -0.15) is 13.2 Å². The van der Waals surface area contributed by atoms with Gasteiger partial charge in [-0.25, -0.2) is 4.98 Å². The molecule has 3 rings (SSSR count). The monoisotopic (exact) mass is 340 g/mol. The molecule has 0 atom stereocenters. The summed E-state index contributed by atoms with van der Waals surface area (Å²) in [7, 11) is 0. The Labute approximate surface area is 121 Å². The molecule has 0 bridgehead atoms. The number of alkyl halides is 3. The van der Waals surface area contributed by atoms with Crippen LogP contribution < -0.4 is 0 Å². The molecule has 0 amide bonds. The molecule has 0 aliphatic rings. The van der Waals surface area contributed by atoms with Crippen LogP contribution in [0, 0.1) is 0 Å². The van der Waals surface area contributed by atoms with E-state index in [9.17, 15) is 13.2 Å². The predicted octanol–water partition coefficient (Wildman–Crippen LogP) is 4.81. The number of hydrogen-bond donors (Lipinski definition) is 0. The largest absolute Gasteiger partial charge is 0.416 e. The summed E-state index contributed by atoms with van der Waals surface area (Å²) in [5, 5.41) is 0.916. The van der Waals surface area contributed by atoms with Gasteiger partial charge in [-0.05, 0) is 52.3 Å². The fourth-order valence-electron chi connectivity index (χ4n) is 2.02. The Kier molecular flexibility index (Phi) is 3.05. The van der Waals surface area contributed by atoms with Crippen molar-refractivity contribution in [2.24, 2.45) is 0 Å². The van der Waals surface area contributed by atoms with Gasteiger partial charge in [0, 0.05) is 27.9 Å². The molecule has 3 aromatic rings. The zero-order valence-corrected chi connectivity index (χ0v) is 11.6. The minimum Gasteiger partial charge on any atom is -0.301 e. The number of pyridine rings is 1. The number of hydrogen-bond acceptors (Lipinski definition) is 1. The van der Waals surface area contributed by atoms with Gasteiger partial charge in [0.25, 0.3) is 0 Å². The topological polar surface area (TPSA) is 17.8 Å². The number of aromatic nitrogens is 2. The first-order chi connectivity index (χ1) is 9.45. The minimum atomic E-state index is -4.32. The van der Waals surface area contributed by atoms with E-state index < -0.39 is 11.7 Å². The Hall–Kier alpha value is -1.82. The lowest BCUT2D eigenvalue weighted by Crippen LogP contribution is -2.04.